The van der Waals surface area contributed by atoms with Crippen molar-refractivity contribution in [2.24, 2.45) is 0 Å². The summed E-state index contributed by atoms with van der Waals surface area (Å²) in [4.78, 5) is 12.7. The summed E-state index contributed by atoms with van der Waals surface area (Å²) in [7, 11) is 0. The fraction of sp³-hybridized carbons (Fsp3) is 0.806. The highest BCUT2D eigenvalue weighted by molar-refractivity contribution is 5.69. The van der Waals surface area contributed by atoms with E-state index in [0.29, 0.717) is 26.2 Å². The summed E-state index contributed by atoms with van der Waals surface area (Å²) in [5.41, 5.74) is 2.15. The normalized spacial score (nSPS) is 15.6. The average Bonchev–Trinajstić information content (AvgIpc) is 2.92. The van der Waals surface area contributed by atoms with Crippen LogP contribution in [0.4, 0.5) is 0 Å². The Hall–Kier alpha value is -1.63. The quantitative estimate of drug-likeness (QED) is 0.0946. The van der Waals surface area contributed by atoms with Gasteiger partial charge in [0.2, 0.25) is 0 Å². The van der Waals surface area contributed by atoms with Crippen molar-refractivity contribution in [3.63, 3.8) is 0 Å². The first-order valence-corrected chi connectivity index (χ1v) is 16.9. The Bertz CT molecular complexity index is 873. The van der Waals surface area contributed by atoms with Gasteiger partial charge in [0, 0.05) is 6.42 Å². The van der Waals surface area contributed by atoms with E-state index in [-0.39, 0.29) is 22.5 Å². The predicted molar refractivity (Wildman–Crippen MR) is 171 cm³/mol. The van der Waals surface area contributed by atoms with Gasteiger partial charge in [-0.15, -0.1) is 5.75 Å². The molecular weight excluding hydrogens is 526 g/mol. The lowest BCUT2D eigenvalue weighted by Gasteiger charge is -2.40. The van der Waals surface area contributed by atoms with Crippen LogP contribution in [-0.4, -0.2) is 63.2 Å². The van der Waals surface area contributed by atoms with Crippen molar-refractivity contribution in [2.45, 2.75) is 136 Å². The summed E-state index contributed by atoms with van der Waals surface area (Å²) < 4.78 is 18.3. The van der Waals surface area contributed by atoms with Crippen molar-refractivity contribution in [1.29, 1.82) is 0 Å². The third-order valence-corrected chi connectivity index (χ3v) is 8.64. The second-order valence-electron chi connectivity index (χ2n) is 14.6. The van der Waals surface area contributed by atoms with Crippen LogP contribution in [0.1, 0.15) is 136 Å². The summed E-state index contributed by atoms with van der Waals surface area (Å²) in [5, 5.41) is 13.2. The molecular formula is C36H63NO5. The smallest absolute Gasteiger partial charge is 0.306 e. The molecule has 0 atom stereocenters. The first-order valence-electron chi connectivity index (χ1n) is 16.9. The molecule has 1 aromatic rings. The van der Waals surface area contributed by atoms with Crippen molar-refractivity contribution in [2.75, 3.05) is 52.8 Å². The van der Waals surface area contributed by atoms with Gasteiger partial charge < -0.3 is 19.3 Å². The van der Waals surface area contributed by atoms with Gasteiger partial charge in [-0.1, -0.05) is 118 Å². The molecule has 6 nitrogen and oxygen atoms in total. The van der Waals surface area contributed by atoms with Gasteiger partial charge in [-0.25, -0.2) is 0 Å². The molecule has 0 bridgehead atoms. The minimum absolute atomic E-state index is 0.122. The number of aryl methyl sites for hydroxylation is 1. The standard InChI is InChI=1S/C36H63NO5/c1-8-9-10-11-12-13-14-15-16-17-23-41-29-37(20-24-40-25-21-37)22-26-42-33(38)19-18-30-27-31(35(2,3)4)34(39)32(28-30)36(5,6)7/h27-28H,8-26,29H2,1-7H3. The van der Waals surface area contributed by atoms with Crippen molar-refractivity contribution in [1.82, 2.24) is 0 Å². The first kappa shape index (κ1) is 36.6. The van der Waals surface area contributed by atoms with Gasteiger partial charge in [-0.05, 0) is 40.4 Å². The van der Waals surface area contributed by atoms with Crippen LogP contribution in [0.25, 0.3) is 0 Å². The highest BCUT2D eigenvalue weighted by Gasteiger charge is 2.31. The molecule has 242 valence electrons. The number of ether oxygens (including phenoxy) is 3. The lowest BCUT2D eigenvalue weighted by molar-refractivity contribution is -0.952. The van der Waals surface area contributed by atoms with E-state index in [0.717, 1.165) is 67.0 Å². The van der Waals surface area contributed by atoms with Crippen LogP contribution in [0.5, 0.6) is 5.75 Å². The minimum atomic E-state index is -0.251. The molecule has 42 heavy (non-hydrogen) atoms. The van der Waals surface area contributed by atoms with Crippen molar-refractivity contribution < 1.29 is 28.6 Å². The van der Waals surface area contributed by atoms with Gasteiger partial charge >= 0.3 is 5.97 Å². The Kier molecular flexibility index (Phi) is 15.9. The zero-order valence-electron chi connectivity index (χ0n) is 28.3. The molecule has 0 N–H and O–H groups in total. The molecule has 1 heterocycles. The molecule has 0 aliphatic carbocycles. The topological polar surface area (TPSA) is 67.8 Å². The molecule has 1 fully saturated rings. The van der Waals surface area contributed by atoms with Crippen LogP contribution < -0.4 is 5.11 Å². The number of unbranched alkanes of at least 4 members (excludes halogenated alkanes) is 9. The van der Waals surface area contributed by atoms with E-state index in [1.807, 2.05) is 12.1 Å². The lowest BCUT2D eigenvalue weighted by Crippen LogP contribution is -2.57. The third-order valence-electron chi connectivity index (χ3n) is 8.64. The molecule has 1 saturated heterocycles. The second kappa shape index (κ2) is 18.2. The number of esters is 1. The zero-order chi connectivity index (χ0) is 31.1. The molecule has 0 spiro atoms. The maximum atomic E-state index is 13.2. The second-order valence-corrected chi connectivity index (χ2v) is 14.6. The summed E-state index contributed by atoms with van der Waals surface area (Å²) in [6, 6.07) is 3.98. The van der Waals surface area contributed by atoms with Gasteiger partial charge in [0.1, 0.15) is 26.2 Å². The minimum Gasteiger partial charge on any atom is -0.872 e. The van der Waals surface area contributed by atoms with Crippen LogP contribution in [0.3, 0.4) is 0 Å². The average molecular weight is 590 g/mol. The van der Waals surface area contributed by atoms with Crippen molar-refractivity contribution >= 4 is 5.97 Å². The van der Waals surface area contributed by atoms with E-state index in [1.165, 1.54) is 57.8 Å². The zero-order valence-corrected chi connectivity index (χ0v) is 28.3. The molecule has 0 amide bonds. The summed E-state index contributed by atoms with van der Waals surface area (Å²) in [6.45, 7) is 20.5. The molecule has 0 unspecified atom stereocenters. The monoisotopic (exact) mass is 589 g/mol. The third kappa shape index (κ3) is 13.3. The number of quaternary nitrogens is 1. The summed E-state index contributed by atoms with van der Waals surface area (Å²) in [5.74, 6) is -0.0650. The highest BCUT2D eigenvalue weighted by Crippen LogP contribution is 2.38. The van der Waals surface area contributed by atoms with E-state index < -0.39 is 0 Å². The van der Waals surface area contributed by atoms with Gasteiger partial charge in [-0.3, -0.25) is 9.28 Å². The van der Waals surface area contributed by atoms with E-state index in [1.54, 1.807) is 0 Å². The Balaban J connectivity index is 1.75. The van der Waals surface area contributed by atoms with Gasteiger partial charge in [0.05, 0.1) is 19.8 Å². The van der Waals surface area contributed by atoms with E-state index in [2.05, 4.69) is 48.5 Å². The van der Waals surface area contributed by atoms with Gasteiger partial charge in [0.25, 0.3) is 0 Å². The molecule has 1 aromatic carbocycles. The summed E-state index contributed by atoms with van der Waals surface area (Å²) in [6.07, 6.45) is 14.1. The number of benzene rings is 1. The number of morpholine rings is 1. The van der Waals surface area contributed by atoms with Crippen LogP contribution in [0, 0.1) is 0 Å². The van der Waals surface area contributed by atoms with Crippen LogP contribution in [0.2, 0.25) is 0 Å². The molecule has 0 saturated carbocycles. The Morgan fingerprint density at radius 3 is 1.88 bits per heavy atom. The van der Waals surface area contributed by atoms with Crippen LogP contribution >= 0.6 is 0 Å². The highest BCUT2D eigenvalue weighted by atomic mass is 16.5. The molecule has 1 aliphatic rings. The Morgan fingerprint density at radius 1 is 0.833 bits per heavy atom. The summed E-state index contributed by atoms with van der Waals surface area (Å²) >= 11 is 0. The maximum absolute atomic E-state index is 13.2. The number of hydrogen-bond acceptors (Lipinski definition) is 5. The number of carbonyl (C=O) groups is 1. The van der Waals surface area contributed by atoms with E-state index in [9.17, 15) is 9.90 Å². The van der Waals surface area contributed by atoms with Gasteiger partial charge in [0.15, 0.2) is 6.73 Å². The van der Waals surface area contributed by atoms with E-state index >= 15 is 0 Å². The number of rotatable bonds is 19. The maximum Gasteiger partial charge on any atom is 0.306 e. The van der Waals surface area contributed by atoms with Gasteiger partial charge in [-0.2, -0.15) is 0 Å². The number of nitrogens with zero attached hydrogens (tertiary/aromatic N) is 1. The number of hydrogen-bond donors (Lipinski definition) is 0. The SMILES string of the molecule is CCCCCCCCCCCCOC[N+]1(CCOC(=O)CCc2cc(C(C)(C)C)c([O-])c(C(C)(C)C)c2)CCOCC1. The molecule has 0 aromatic heterocycles. The molecule has 1 aliphatic heterocycles. The van der Waals surface area contributed by atoms with E-state index in [4.69, 9.17) is 14.2 Å². The van der Waals surface area contributed by atoms with Crippen LogP contribution in [-0.2, 0) is 36.3 Å². The van der Waals surface area contributed by atoms with Crippen molar-refractivity contribution in [3.8, 4) is 5.75 Å². The fourth-order valence-electron chi connectivity index (χ4n) is 5.72. The Morgan fingerprint density at radius 2 is 1.36 bits per heavy atom. The Labute approximate surface area is 258 Å². The first-order chi connectivity index (χ1) is 19.9. The van der Waals surface area contributed by atoms with Crippen LogP contribution in [0.15, 0.2) is 12.1 Å². The van der Waals surface area contributed by atoms with Crippen molar-refractivity contribution in [3.05, 3.63) is 28.8 Å². The predicted octanol–water partition coefficient (Wildman–Crippen LogP) is 7.57. The lowest BCUT2D eigenvalue weighted by atomic mass is 9.78. The molecule has 2 rings (SSSR count). The molecule has 0 radical (unpaired) electrons. The molecule has 6 heteroatoms. The fourth-order valence-corrected chi connectivity index (χ4v) is 5.72. The number of carbonyl (C=O) groups excluding carboxylic acids is 1. The largest absolute Gasteiger partial charge is 0.872 e.